The van der Waals surface area contributed by atoms with Crippen LogP contribution < -0.4 is 10.6 Å². The maximum Gasteiger partial charge on any atom is 0.288 e. The van der Waals surface area contributed by atoms with E-state index in [1.54, 1.807) is 18.4 Å². The molecule has 0 radical (unpaired) electrons. The first-order valence-electron chi connectivity index (χ1n) is 12.2. The molecule has 1 aromatic carbocycles. The van der Waals surface area contributed by atoms with Gasteiger partial charge in [0.25, 0.3) is 5.91 Å². The minimum absolute atomic E-state index is 0.0280. The lowest BCUT2D eigenvalue weighted by Crippen LogP contribution is -2.48. The molecule has 0 fully saturated rings. The van der Waals surface area contributed by atoms with Gasteiger partial charge in [0.2, 0.25) is 5.76 Å². The van der Waals surface area contributed by atoms with E-state index in [1.165, 1.54) is 24.1 Å². The SMILES string of the molecule is CCCCC(NCC(CC(C)C)NC(=O)c1occ2cccc(F)c12)C(=O)CSCc1ccco1. The van der Waals surface area contributed by atoms with Crippen LogP contribution in [0.1, 0.15) is 62.8 Å². The van der Waals surface area contributed by atoms with Gasteiger partial charge in [-0.2, -0.15) is 0 Å². The highest BCUT2D eigenvalue weighted by Crippen LogP contribution is 2.24. The van der Waals surface area contributed by atoms with Gasteiger partial charge in [-0.05, 0) is 37.0 Å². The largest absolute Gasteiger partial charge is 0.468 e. The van der Waals surface area contributed by atoms with Gasteiger partial charge in [-0.1, -0.05) is 45.7 Å². The Morgan fingerprint density at radius 2 is 1.97 bits per heavy atom. The van der Waals surface area contributed by atoms with Crippen LogP contribution in [0.2, 0.25) is 0 Å². The molecule has 2 atom stereocenters. The van der Waals surface area contributed by atoms with E-state index in [1.807, 2.05) is 12.1 Å². The lowest BCUT2D eigenvalue weighted by atomic mass is 10.0. The first-order valence-corrected chi connectivity index (χ1v) is 13.4. The molecule has 0 aliphatic carbocycles. The molecule has 6 nitrogen and oxygen atoms in total. The van der Waals surface area contributed by atoms with Crippen LogP contribution in [0.5, 0.6) is 0 Å². The van der Waals surface area contributed by atoms with Gasteiger partial charge in [0.15, 0.2) is 5.78 Å². The summed E-state index contributed by atoms with van der Waals surface area (Å²) in [5.41, 5.74) is 0. The van der Waals surface area contributed by atoms with E-state index in [4.69, 9.17) is 8.83 Å². The van der Waals surface area contributed by atoms with Gasteiger partial charge in [-0.25, -0.2) is 4.39 Å². The first-order chi connectivity index (χ1) is 16.9. The minimum atomic E-state index is -0.489. The van der Waals surface area contributed by atoms with Crippen LogP contribution in [0.15, 0.2) is 51.7 Å². The number of amides is 1. The van der Waals surface area contributed by atoms with Crippen LogP contribution in [0, 0.1) is 11.7 Å². The van der Waals surface area contributed by atoms with Gasteiger partial charge < -0.3 is 19.5 Å². The van der Waals surface area contributed by atoms with E-state index >= 15 is 0 Å². The number of carbonyl (C=O) groups excluding carboxylic acids is 2. The Kier molecular flexibility index (Phi) is 10.4. The summed E-state index contributed by atoms with van der Waals surface area (Å²) in [5.74, 6) is 1.38. The number of ketones is 1. The minimum Gasteiger partial charge on any atom is -0.468 e. The maximum atomic E-state index is 14.3. The molecule has 0 aliphatic heterocycles. The molecule has 0 spiro atoms. The Bertz CT molecular complexity index is 1080. The van der Waals surface area contributed by atoms with Crippen LogP contribution in [-0.4, -0.2) is 36.1 Å². The molecular weight excluding hydrogens is 467 g/mol. The number of furan rings is 2. The topological polar surface area (TPSA) is 84.5 Å². The summed E-state index contributed by atoms with van der Waals surface area (Å²) in [5, 5.41) is 7.12. The smallest absolute Gasteiger partial charge is 0.288 e. The van der Waals surface area contributed by atoms with Crippen molar-refractivity contribution >= 4 is 34.2 Å². The fraction of sp³-hybridized carbons (Fsp3) is 0.481. The number of unbranched alkanes of at least 4 members (excludes halogenated alkanes) is 1. The summed E-state index contributed by atoms with van der Waals surface area (Å²) < 4.78 is 25.1. The number of rotatable bonds is 15. The molecule has 35 heavy (non-hydrogen) atoms. The van der Waals surface area contributed by atoms with Crippen molar-refractivity contribution in [1.82, 2.24) is 10.6 Å². The van der Waals surface area contributed by atoms with E-state index in [9.17, 15) is 14.0 Å². The summed E-state index contributed by atoms with van der Waals surface area (Å²) in [6.45, 7) is 6.69. The molecule has 0 saturated carbocycles. The van der Waals surface area contributed by atoms with E-state index in [2.05, 4.69) is 31.4 Å². The van der Waals surface area contributed by atoms with Crippen LogP contribution in [-0.2, 0) is 10.5 Å². The van der Waals surface area contributed by atoms with Crippen LogP contribution in [0.25, 0.3) is 10.8 Å². The summed E-state index contributed by atoms with van der Waals surface area (Å²) in [6.07, 6.45) is 6.41. The van der Waals surface area contributed by atoms with Crippen molar-refractivity contribution in [3.05, 3.63) is 60.2 Å². The number of halogens is 1. The molecule has 2 N–H and O–H groups in total. The highest BCUT2D eigenvalue weighted by atomic mass is 32.2. The standard InChI is InChI=1S/C27H35FN2O4S/c1-4-5-11-23(24(31)17-35-16-21-9-7-12-33-21)29-14-20(13-18(2)3)30-27(32)26-25-19(15-34-26)8-6-10-22(25)28/h6-10,12,15,18,20,23,29H,4-5,11,13-14,16-17H2,1-3H3,(H,30,32). The zero-order chi connectivity index (χ0) is 25.2. The van der Waals surface area contributed by atoms with Crippen molar-refractivity contribution in [2.45, 2.75) is 64.3 Å². The van der Waals surface area contributed by atoms with Crippen LogP contribution >= 0.6 is 11.8 Å². The molecular formula is C27H35FN2O4S. The van der Waals surface area contributed by atoms with Crippen molar-refractivity contribution in [2.75, 3.05) is 12.3 Å². The fourth-order valence-electron chi connectivity index (χ4n) is 4.06. The molecule has 3 rings (SSSR count). The molecule has 8 heteroatoms. The zero-order valence-corrected chi connectivity index (χ0v) is 21.5. The number of fused-ring (bicyclic) bond motifs is 1. The number of carbonyl (C=O) groups is 2. The average Bonchev–Trinajstić information content (AvgIpc) is 3.49. The number of benzene rings is 1. The van der Waals surface area contributed by atoms with E-state index in [0.29, 0.717) is 35.8 Å². The third-order valence-electron chi connectivity index (χ3n) is 5.79. The maximum absolute atomic E-state index is 14.3. The Morgan fingerprint density at radius 1 is 1.14 bits per heavy atom. The fourth-order valence-corrected chi connectivity index (χ4v) is 4.93. The molecule has 0 bridgehead atoms. The van der Waals surface area contributed by atoms with Crippen molar-refractivity contribution < 1.29 is 22.8 Å². The van der Waals surface area contributed by atoms with Crippen molar-refractivity contribution in [1.29, 1.82) is 0 Å². The van der Waals surface area contributed by atoms with Gasteiger partial charge in [0.1, 0.15) is 11.6 Å². The predicted octanol–water partition coefficient (Wildman–Crippen LogP) is 5.96. The Morgan fingerprint density at radius 3 is 2.69 bits per heavy atom. The molecule has 3 aromatic rings. The normalized spacial score (nSPS) is 13.3. The summed E-state index contributed by atoms with van der Waals surface area (Å²) in [7, 11) is 0. The second-order valence-corrected chi connectivity index (χ2v) is 10.2. The second-order valence-electron chi connectivity index (χ2n) is 9.21. The molecule has 1 amide bonds. The Labute approximate surface area is 210 Å². The zero-order valence-electron chi connectivity index (χ0n) is 20.6. The third-order valence-corrected chi connectivity index (χ3v) is 6.77. The molecule has 2 aromatic heterocycles. The quantitative estimate of drug-likeness (QED) is 0.267. The van der Waals surface area contributed by atoms with Crippen molar-refractivity contribution in [3.8, 4) is 0 Å². The van der Waals surface area contributed by atoms with Gasteiger partial charge in [-0.15, -0.1) is 11.8 Å². The number of nitrogens with one attached hydrogen (secondary N) is 2. The lowest BCUT2D eigenvalue weighted by Gasteiger charge is -2.24. The van der Waals surface area contributed by atoms with Gasteiger partial charge >= 0.3 is 0 Å². The van der Waals surface area contributed by atoms with Gasteiger partial charge in [0.05, 0.1) is 35.5 Å². The van der Waals surface area contributed by atoms with E-state index in [0.717, 1.165) is 25.0 Å². The average molecular weight is 503 g/mol. The molecule has 2 unspecified atom stereocenters. The van der Waals surface area contributed by atoms with Crippen LogP contribution in [0.3, 0.4) is 0 Å². The monoisotopic (exact) mass is 502 g/mol. The number of thioether (sulfide) groups is 1. The summed E-state index contributed by atoms with van der Waals surface area (Å²) >= 11 is 1.54. The first kappa shape index (κ1) is 27.0. The Hall–Kier alpha value is -2.58. The highest BCUT2D eigenvalue weighted by Gasteiger charge is 2.24. The van der Waals surface area contributed by atoms with Gasteiger partial charge in [-0.3, -0.25) is 9.59 Å². The molecule has 0 aliphatic rings. The number of hydrogen-bond acceptors (Lipinski definition) is 6. The van der Waals surface area contributed by atoms with E-state index < -0.39 is 11.7 Å². The number of hydrogen-bond donors (Lipinski definition) is 2. The lowest BCUT2D eigenvalue weighted by molar-refractivity contribution is -0.118. The molecule has 0 saturated heterocycles. The third kappa shape index (κ3) is 7.97. The van der Waals surface area contributed by atoms with Crippen molar-refractivity contribution in [2.24, 2.45) is 5.92 Å². The highest BCUT2D eigenvalue weighted by molar-refractivity contribution is 7.99. The summed E-state index contributed by atoms with van der Waals surface area (Å²) in [6, 6.07) is 7.83. The Balaban J connectivity index is 1.62. The second kappa shape index (κ2) is 13.5. The summed E-state index contributed by atoms with van der Waals surface area (Å²) in [4.78, 5) is 25.9. The van der Waals surface area contributed by atoms with Gasteiger partial charge in [0, 0.05) is 18.0 Å². The van der Waals surface area contributed by atoms with E-state index in [-0.39, 0.29) is 29.0 Å². The number of Topliss-reactive ketones (excluding diaryl/α,β-unsaturated/α-hetero) is 1. The van der Waals surface area contributed by atoms with Crippen molar-refractivity contribution in [3.63, 3.8) is 0 Å². The molecule has 2 heterocycles. The molecule has 190 valence electrons. The predicted molar refractivity (Wildman–Crippen MR) is 138 cm³/mol. The van der Waals surface area contributed by atoms with Crippen LogP contribution in [0.4, 0.5) is 4.39 Å².